The summed E-state index contributed by atoms with van der Waals surface area (Å²) in [4.78, 5) is 8.89. The van der Waals surface area contributed by atoms with Gasteiger partial charge in [-0.1, -0.05) is 30.7 Å². The Morgan fingerprint density at radius 2 is 1.81 bits per heavy atom. The Bertz CT molecular complexity index is 729. The largest absolute Gasteiger partial charge is 0.333 e. The molecule has 0 aliphatic rings. The molecule has 21 heavy (non-hydrogen) atoms. The number of rotatable bonds is 5. The number of hydrogen-bond donors (Lipinski definition) is 0. The average molecular weight is 301 g/mol. The second-order valence-corrected chi connectivity index (χ2v) is 5.30. The highest BCUT2D eigenvalue weighted by Crippen LogP contribution is 2.26. The van der Waals surface area contributed by atoms with Crippen molar-refractivity contribution in [1.29, 1.82) is 0 Å². The van der Waals surface area contributed by atoms with Crippen molar-refractivity contribution in [3.8, 4) is 11.4 Å². The number of aryl methyl sites for hydroxylation is 1. The minimum absolute atomic E-state index is 0.688. The van der Waals surface area contributed by atoms with Gasteiger partial charge in [0.25, 0.3) is 0 Å². The van der Waals surface area contributed by atoms with Gasteiger partial charge in [0.2, 0.25) is 0 Å². The Balaban J connectivity index is 1.93. The van der Waals surface area contributed by atoms with E-state index < -0.39 is 0 Å². The van der Waals surface area contributed by atoms with Gasteiger partial charge in [0.15, 0.2) is 0 Å². The molecule has 0 aliphatic carbocycles. The van der Waals surface area contributed by atoms with E-state index in [2.05, 4.69) is 26.0 Å². The van der Waals surface area contributed by atoms with E-state index in [9.17, 15) is 0 Å². The third-order valence-corrected chi connectivity index (χ3v) is 3.74. The molecule has 3 rings (SSSR count). The summed E-state index contributed by atoms with van der Waals surface area (Å²) < 4.78 is 4.26. The van der Waals surface area contributed by atoms with Crippen molar-refractivity contribution in [3.63, 3.8) is 0 Å². The molecule has 3 aromatic rings. The molecule has 0 fully saturated rings. The zero-order valence-electron chi connectivity index (χ0n) is 11.9. The molecule has 0 unspecified atom stereocenters. The molecule has 0 aliphatic heterocycles. The minimum Gasteiger partial charge on any atom is -0.333 e. The Morgan fingerprint density at radius 1 is 1.05 bits per heavy atom. The SMILES string of the molecule is CCCn1ccnc1Cn1ccnc1-c1ccccc1Cl. The van der Waals surface area contributed by atoms with Crippen LogP contribution in [0.25, 0.3) is 11.4 Å². The molecule has 0 N–H and O–H groups in total. The number of hydrogen-bond acceptors (Lipinski definition) is 2. The predicted molar refractivity (Wildman–Crippen MR) is 84.3 cm³/mol. The van der Waals surface area contributed by atoms with E-state index in [0.29, 0.717) is 11.6 Å². The summed E-state index contributed by atoms with van der Waals surface area (Å²) in [6.45, 7) is 3.83. The minimum atomic E-state index is 0.688. The number of aromatic nitrogens is 4. The summed E-state index contributed by atoms with van der Waals surface area (Å²) in [5.41, 5.74) is 0.942. The fraction of sp³-hybridized carbons (Fsp3) is 0.250. The first-order valence-corrected chi connectivity index (χ1v) is 7.43. The summed E-state index contributed by atoms with van der Waals surface area (Å²) in [7, 11) is 0. The van der Waals surface area contributed by atoms with Crippen molar-refractivity contribution in [2.45, 2.75) is 26.4 Å². The van der Waals surface area contributed by atoms with Gasteiger partial charge in [0.05, 0.1) is 11.6 Å². The Morgan fingerprint density at radius 3 is 2.62 bits per heavy atom. The molecular formula is C16H17ClN4. The molecule has 108 valence electrons. The van der Waals surface area contributed by atoms with Crippen LogP contribution in [-0.4, -0.2) is 19.1 Å². The zero-order valence-corrected chi connectivity index (χ0v) is 12.7. The normalized spacial score (nSPS) is 11.0. The molecule has 5 heteroatoms. The van der Waals surface area contributed by atoms with Gasteiger partial charge in [-0.2, -0.15) is 0 Å². The van der Waals surface area contributed by atoms with E-state index in [1.165, 1.54) is 0 Å². The van der Waals surface area contributed by atoms with Crippen LogP contribution in [0.4, 0.5) is 0 Å². The van der Waals surface area contributed by atoms with Gasteiger partial charge >= 0.3 is 0 Å². The maximum Gasteiger partial charge on any atom is 0.141 e. The van der Waals surface area contributed by atoms with Crippen LogP contribution in [0.5, 0.6) is 0 Å². The highest BCUT2D eigenvalue weighted by Gasteiger charge is 2.11. The zero-order chi connectivity index (χ0) is 14.7. The molecule has 1 aromatic carbocycles. The highest BCUT2D eigenvalue weighted by atomic mass is 35.5. The molecule has 0 bridgehead atoms. The van der Waals surface area contributed by atoms with Gasteiger partial charge < -0.3 is 9.13 Å². The predicted octanol–water partition coefficient (Wildman–Crippen LogP) is 3.86. The summed E-state index contributed by atoms with van der Waals surface area (Å²) in [6, 6.07) is 7.76. The molecule has 0 radical (unpaired) electrons. The van der Waals surface area contributed by atoms with Gasteiger partial charge in [0.1, 0.15) is 11.6 Å². The first-order chi connectivity index (χ1) is 10.3. The van der Waals surface area contributed by atoms with Crippen LogP contribution >= 0.6 is 11.6 Å². The van der Waals surface area contributed by atoms with Gasteiger partial charge in [-0.3, -0.25) is 0 Å². The first-order valence-electron chi connectivity index (χ1n) is 7.05. The van der Waals surface area contributed by atoms with E-state index in [-0.39, 0.29) is 0 Å². The van der Waals surface area contributed by atoms with Crippen LogP contribution < -0.4 is 0 Å². The second-order valence-electron chi connectivity index (χ2n) is 4.90. The summed E-state index contributed by atoms with van der Waals surface area (Å²) in [5.74, 6) is 1.90. The summed E-state index contributed by atoms with van der Waals surface area (Å²) in [6.07, 6.45) is 8.71. The summed E-state index contributed by atoms with van der Waals surface area (Å²) in [5, 5.41) is 0.710. The van der Waals surface area contributed by atoms with Gasteiger partial charge in [0, 0.05) is 36.9 Å². The van der Waals surface area contributed by atoms with Crippen LogP contribution in [0.1, 0.15) is 19.2 Å². The Kier molecular flexibility index (Phi) is 4.06. The molecule has 0 atom stereocenters. The Labute approximate surface area is 129 Å². The molecule has 0 saturated heterocycles. The maximum absolute atomic E-state index is 6.28. The third-order valence-electron chi connectivity index (χ3n) is 3.41. The summed E-state index contributed by atoms with van der Waals surface area (Å²) >= 11 is 6.28. The fourth-order valence-corrected chi connectivity index (χ4v) is 2.63. The molecule has 0 amide bonds. The van der Waals surface area contributed by atoms with E-state index in [1.54, 1.807) is 6.20 Å². The number of nitrogens with zero attached hydrogens (tertiary/aromatic N) is 4. The van der Waals surface area contributed by atoms with Gasteiger partial charge in [-0.25, -0.2) is 9.97 Å². The highest BCUT2D eigenvalue weighted by molar-refractivity contribution is 6.33. The van der Waals surface area contributed by atoms with E-state index in [1.807, 2.05) is 42.9 Å². The van der Waals surface area contributed by atoms with Crippen molar-refractivity contribution in [3.05, 3.63) is 59.9 Å². The standard InChI is InChI=1S/C16H17ClN4/c1-2-9-20-10-7-18-15(20)12-21-11-8-19-16(21)13-5-3-4-6-14(13)17/h3-8,10-11H,2,9,12H2,1H3. The maximum atomic E-state index is 6.28. The van der Waals surface area contributed by atoms with E-state index >= 15 is 0 Å². The number of benzene rings is 1. The lowest BCUT2D eigenvalue weighted by atomic mass is 10.2. The van der Waals surface area contributed by atoms with E-state index in [0.717, 1.165) is 30.2 Å². The third kappa shape index (κ3) is 2.85. The lowest BCUT2D eigenvalue weighted by Gasteiger charge is -2.10. The quantitative estimate of drug-likeness (QED) is 0.717. The molecule has 2 heterocycles. The smallest absolute Gasteiger partial charge is 0.141 e. The van der Waals surface area contributed by atoms with Gasteiger partial charge in [-0.05, 0) is 18.6 Å². The van der Waals surface area contributed by atoms with E-state index in [4.69, 9.17) is 11.6 Å². The van der Waals surface area contributed by atoms with Crippen molar-refractivity contribution < 1.29 is 0 Å². The average Bonchev–Trinajstić information content (AvgIpc) is 3.11. The molecule has 4 nitrogen and oxygen atoms in total. The van der Waals surface area contributed by atoms with Crippen molar-refractivity contribution >= 4 is 11.6 Å². The number of imidazole rings is 2. The lowest BCUT2D eigenvalue weighted by Crippen LogP contribution is -2.09. The van der Waals surface area contributed by atoms with Crippen molar-refractivity contribution in [2.75, 3.05) is 0 Å². The lowest BCUT2D eigenvalue weighted by molar-refractivity contribution is 0.613. The number of halogens is 1. The van der Waals surface area contributed by atoms with Crippen LogP contribution in [-0.2, 0) is 13.1 Å². The molecule has 0 spiro atoms. The molecular weight excluding hydrogens is 284 g/mol. The van der Waals surface area contributed by atoms with Crippen molar-refractivity contribution in [2.24, 2.45) is 0 Å². The van der Waals surface area contributed by atoms with Crippen LogP contribution in [0, 0.1) is 0 Å². The van der Waals surface area contributed by atoms with Crippen LogP contribution in [0.2, 0.25) is 5.02 Å². The second kappa shape index (κ2) is 6.14. The fourth-order valence-electron chi connectivity index (χ4n) is 2.41. The monoisotopic (exact) mass is 300 g/mol. The molecule has 0 saturated carbocycles. The molecule has 2 aromatic heterocycles. The topological polar surface area (TPSA) is 35.6 Å². The van der Waals surface area contributed by atoms with Crippen LogP contribution in [0.3, 0.4) is 0 Å². The Hall–Kier alpha value is -2.07. The van der Waals surface area contributed by atoms with Crippen molar-refractivity contribution in [1.82, 2.24) is 19.1 Å². The first kappa shape index (κ1) is 13.9. The van der Waals surface area contributed by atoms with Crippen LogP contribution in [0.15, 0.2) is 49.1 Å². The van der Waals surface area contributed by atoms with Gasteiger partial charge in [-0.15, -0.1) is 0 Å².